The Morgan fingerprint density at radius 2 is 1.90 bits per heavy atom. The van der Waals surface area contributed by atoms with Gasteiger partial charge in [0, 0.05) is 24.2 Å². The van der Waals surface area contributed by atoms with Gasteiger partial charge in [0.25, 0.3) is 5.91 Å². The number of halogens is 2. The van der Waals surface area contributed by atoms with Gasteiger partial charge in [-0.2, -0.15) is 0 Å². The molecule has 0 fully saturated rings. The first kappa shape index (κ1) is 19.7. The molecule has 8 heteroatoms. The summed E-state index contributed by atoms with van der Waals surface area (Å²) in [6.07, 6.45) is 4.53. The number of rotatable bonds is 4. The molecule has 0 unspecified atom stereocenters. The number of amides is 2. The molecular formula is C21H20Cl2N4O2. The fourth-order valence-electron chi connectivity index (χ4n) is 3.53. The van der Waals surface area contributed by atoms with Gasteiger partial charge in [0.1, 0.15) is 5.82 Å². The lowest BCUT2D eigenvalue weighted by Gasteiger charge is -2.08. The van der Waals surface area contributed by atoms with Gasteiger partial charge in [-0.05, 0) is 49.2 Å². The van der Waals surface area contributed by atoms with Gasteiger partial charge < -0.3 is 15.2 Å². The molecule has 1 aliphatic rings. The third kappa shape index (κ3) is 4.38. The summed E-state index contributed by atoms with van der Waals surface area (Å²) < 4.78 is 2.27. The van der Waals surface area contributed by atoms with Crippen molar-refractivity contribution in [1.29, 1.82) is 0 Å². The van der Waals surface area contributed by atoms with Crippen LogP contribution in [0.25, 0.3) is 11.0 Å². The van der Waals surface area contributed by atoms with E-state index in [4.69, 9.17) is 28.2 Å². The molecule has 29 heavy (non-hydrogen) atoms. The smallest absolute Gasteiger partial charge is 0.251 e. The van der Waals surface area contributed by atoms with Crippen LogP contribution in [-0.4, -0.2) is 27.9 Å². The van der Waals surface area contributed by atoms with E-state index in [9.17, 15) is 9.59 Å². The summed E-state index contributed by atoms with van der Waals surface area (Å²) in [5.41, 5.74) is 2.96. The van der Waals surface area contributed by atoms with Crippen molar-refractivity contribution in [2.45, 2.75) is 32.2 Å². The minimum atomic E-state index is -0.396. The van der Waals surface area contributed by atoms with Crippen LogP contribution >= 0.6 is 23.2 Å². The Morgan fingerprint density at radius 3 is 2.72 bits per heavy atom. The zero-order valence-electron chi connectivity index (χ0n) is 15.7. The molecule has 0 saturated heterocycles. The number of aromatic nitrogens is 2. The normalized spacial score (nSPS) is 13.6. The fourth-order valence-corrected chi connectivity index (χ4v) is 3.83. The largest absolute Gasteiger partial charge is 0.343 e. The molecule has 1 aromatic heterocycles. The van der Waals surface area contributed by atoms with Crippen molar-refractivity contribution in [2.75, 3.05) is 11.9 Å². The highest BCUT2D eigenvalue weighted by molar-refractivity contribution is 6.42. The first-order valence-electron chi connectivity index (χ1n) is 9.53. The molecule has 0 spiro atoms. The van der Waals surface area contributed by atoms with Crippen LogP contribution in [0.2, 0.25) is 10.0 Å². The molecule has 6 nitrogen and oxygen atoms in total. The lowest BCUT2D eigenvalue weighted by Crippen LogP contribution is -2.32. The van der Waals surface area contributed by atoms with Crippen LogP contribution in [0.5, 0.6) is 0 Å². The van der Waals surface area contributed by atoms with E-state index < -0.39 is 5.91 Å². The third-order valence-corrected chi connectivity index (χ3v) is 5.72. The maximum absolute atomic E-state index is 12.2. The predicted octanol–water partition coefficient (Wildman–Crippen LogP) is 4.44. The van der Waals surface area contributed by atoms with Gasteiger partial charge >= 0.3 is 0 Å². The number of anilines is 1. The van der Waals surface area contributed by atoms with Crippen molar-refractivity contribution in [3.63, 3.8) is 0 Å². The number of aryl methyl sites for hydroxylation is 2. The second-order valence-corrected chi connectivity index (χ2v) is 7.87. The Balaban J connectivity index is 1.39. The topological polar surface area (TPSA) is 76.0 Å². The van der Waals surface area contributed by atoms with Crippen molar-refractivity contribution in [3.8, 4) is 0 Å². The van der Waals surface area contributed by atoms with Crippen molar-refractivity contribution in [2.24, 2.45) is 0 Å². The Hall–Kier alpha value is -2.57. The van der Waals surface area contributed by atoms with E-state index in [0.717, 1.165) is 42.7 Å². The zero-order chi connectivity index (χ0) is 20.4. The van der Waals surface area contributed by atoms with E-state index in [0.29, 0.717) is 16.3 Å². The third-order valence-electron chi connectivity index (χ3n) is 4.98. The average molecular weight is 431 g/mol. The molecule has 2 amide bonds. The molecule has 1 aliphatic heterocycles. The number of carbonyl (C=O) groups excluding carboxylic acids is 2. The lowest BCUT2D eigenvalue weighted by molar-refractivity contribution is -0.115. The summed E-state index contributed by atoms with van der Waals surface area (Å²) >= 11 is 11.8. The number of hydrogen-bond acceptors (Lipinski definition) is 3. The number of carbonyl (C=O) groups is 2. The number of benzene rings is 2. The number of nitrogens with zero attached hydrogens (tertiary/aromatic N) is 2. The van der Waals surface area contributed by atoms with E-state index >= 15 is 0 Å². The van der Waals surface area contributed by atoms with E-state index in [-0.39, 0.29) is 17.5 Å². The summed E-state index contributed by atoms with van der Waals surface area (Å²) in [6, 6.07) is 10.3. The van der Waals surface area contributed by atoms with Crippen molar-refractivity contribution in [1.82, 2.24) is 14.9 Å². The Bertz CT molecular complexity index is 1090. The van der Waals surface area contributed by atoms with E-state index in [1.807, 2.05) is 18.2 Å². The summed E-state index contributed by atoms with van der Waals surface area (Å²) in [5, 5.41) is 6.04. The van der Waals surface area contributed by atoms with Gasteiger partial charge in [0.2, 0.25) is 5.91 Å². The maximum Gasteiger partial charge on any atom is 0.251 e. The lowest BCUT2D eigenvalue weighted by atomic mass is 10.2. The molecule has 150 valence electrons. The molecule has 4 rings (SSSR count). The monoisotopic (exact) mass is 430 g/mol. The average Bonchev–Trinajstić information content (AvgIpc) is 2.88. The van der Waals surface area contributed by atoms with Crippen LogP contribution in [-0.2, 0) is 17.8 Å². The molecule has 0 saturated carbocycles. The summed E-state index contributed by atoms with van der Waals surface area (Å²) in [7, 11) is 0. The maximum atomic E-state index is 12.2. The Kier molecular flexibility index (Phi) is 5.74. The number of imidazole rings is 1. The van der Waals surface area contributed by atoms with Gasteiger partial charge in [0.15, 0.2) is 0 Å². The van der Waals surface area contributed by atoms with Crippen molar-refractivity contribution < 1.29 is 9.59 Å². The van der Waals surface area contributed by atoms with E-state index in [1.54, 1.807) is 12.1 Å². The van der Waals surface area contributed by atoms with Crippen LogP contribution in [0, 0.1) is 0 Å². The standard InChI is InChI=1S/C21H20Cl2N4O2/c22-15-7-5-13(10-16(15)23)21(29)24-12-20(28)25-14-6-8-18-17(11-14)26-19-4-2-1-3-9-27(18)19/h5-8,10-11H,1-4,9,12H2,(H,24,29)(H,25,28). The first-order chi connectivity index (χ1) is 14.0. The van der Waals surface area contributed by atoms with Gasteiger partial charge in [-0.15, -0.1) is 0 Å². The summed E-state index contributed by atoms with van der Waals surface area (Å²) in [4.78, 5) is 29.2. The zero-order valence-corrected chi connectivity index (χ0v) is 17.2. The first-order valence-corrected chi connectivity index (χ1v) is 10.3. The molecule has 0 radical (unpaired) electrons. The van der Waals surface area contributed by atoms with Crippen molar-refractivity contribution in [3.05, 3.63) is 57.8 Å². The second-order valence-electron chi connectivity index (χ2n) is 7.05. The SMILES string of the molecule is O=C(CNC(=O)c1ccc(Cl)c(Cl)c1)Nc1ccc2c(c1)nc1n2CCCCC1. The van der Waals surface area contributed by atoms with Gasteiger partial charge in [-0.3, -0.25) is 9.59 Å². The molecule has 2 N–H and O–H groups in total. The molecule has 0 atom stereocenters. The Morgan fingerprint density at radius 1 is 1.03 bits per heavy atom. The second kappa shape index (κ2) is 8.43. The number of nitrogens with one attached hydrogen (secondary N) is 2. The van der Waals surface area contributed by atoms with Gasteiger partial charge in [-0.1, -0.05) is 29.6 Å². The van der Waals surface area contributed by atoms with E-state index in [1.165, 1.54) is 12.5 Å². The molecular weight excluding hydrogens is 411 g/mol. The highest BCUT2D eigenvalue weighted by atomic mass is 35.5. The minimum absolute atomic E-state index is 0.156. The Labute approximate surface area is 178 Å². The summed E-state index contributed by atoms with van der Waals surface area (Å²) in [6.45, 7) is 0.828. The highest BCUT2D eigenvalue weighted by Gasteiger charge is 2.15. The van der Waals surface area contributed by atoms with Gasteiger partial charge in [0.05, 0.1) is 27.6 Å². The van der Waals surface area contributed by atoms with Crippen LogP contribution < -0.4 is 10.6 Å². The fraction of sp³-hybridized carbons (Fsp3) is 0.286. The number of hydrogen-bond donors (Lipinski definition) is 2. The van der Waals surface area contributed by atoms with Crippen LogP contribution in [0.1, 0.15) is 35.4 Å². The molecule has 0 bridgehead atoms. The molecule has 2 aromatic carbocycles. The van der Waals surface area contributed by atoms with Crippen LogP contribution in [0.3, 0.4) is 0 Å². The molecule has 0 aliphatic carbocycles. The van der Waals surface area contributed by atoms with E-state index in [2.05, 4.69) is 15.2 Å². The highest BCUT2D eigenvalue weighted by Crippen LogP contribution is 2.25. The number of fused-ring (bicyclic) bond motifs is 3. The van der Waals surface area contributed by atoms with Gasteiger partial charge in [-0.25, -0.2) is 4.98 Å². The quantitative estimate of drug-likeness (QED) is 0.642. The molecule has 2 heterocycles. The van der Waals surface area contributed by atoms with Crippen LogP contribution in [0.15, 0.2) is 36.4 Å². The van der Waals surface area contributed by atoms with Crippen LogP contribution in [0.4, 0.5) is 5.69 Å². The molecule has 3 aromatic rings. The van der Waals surface area contributed by atoms with Crippen molar-refractivity contribution >= 4 is 51.7 Å². The minimum Gasteiger partial charge on any atom is -0.343 e. The predicted molar refractivity (Wildman–Crippen MR) is 115 cm³/mol. The summed E-state index contributed by atoms with van der Waals surface area (Å²) in [5.74, 6) is 0.389.